The van der Waals surface area contributed by atoms with Crippen LogP contribution in [0, 0.1) is 0 Å². The molecule has 0 aliphatic heterocycles. The molecule has 0 saturated carbocycles. The molecule has 0 bridgehead atoms. The fourth-order valence-corrected chi connectivity index (χ4v) is 2.23. The number of rotatable bonds is 3. The first-order chi connectivity index (χ1) is 10.7. The van der Waals surface area contributed by atoms with Gasteiger partial charge in [-0.15, -0.1) is 5.11 Å². The van der Waals surface area contributed by atoms with Crippen molar-refractivity contribution in [2.24, 2.45) is 10.2 Å². The lowest BCUT2D eigenvalue weighted by Gasteiger charge is -2.07. The second-order valence-corrected chi connectivity index (χ2v) is 4.68. The third kappa shape index (κ3) is 2.52. The first-order valence-corrected chi connectivity index (χ1v) is 6.61. The minimum Gasteiger partial charge on any atom is -0.507 e. The first-order valence-electron chi connectivity index (χ1n) is 6.61. The molecule has 0 amide bonds. The molecule has 5 nitrogen and oxygen atoms in total. The van der Waals surface area contributed by atoms with Crippen LogP contribution in [0.5, 0.6) is 5.75 Å². The molecule has 0 fully saturated rings. The highest BCUT2D eigenvalue weighted by molar-refractivity contribution is 6.07. The van der Waals surface area contributed by atoms with E-state index in [2.05, 4.69) is 10.2 Å². The number of hydrogen-bond acceptors (Lipinski definition) is 4. The molecule has 0 unspecified atom stereocenters. The van der Waals surface area contributed by atoms with Gasteiger partial charge < -0.3 is 10.2 Å². The molecule has 3 aromatic carbocycles. The van der Waals surface area contributed by atoms with Gasteiger partial charge in [-0.05, 0) is 23.6 Å². The van der Waals surface area contributed by atoms with Crippen molar-refractivity contribution >= 4 is 28.1 Å². The Kier molecular flexibility index (Phi) is 3.53. The molecule has 0 saturated heterocycles. The summed E-state index contributed by atoms with van der Waals surface area (Å²) in [6.07, 6.45) is 0. The van der Waals surface area contributed by atoms with E-state index in [-0.39, 0.29) is 17.0 Å². The molecule has 2 N–H and O–H groups in total. The molecule has 108 valence electrons. The topological polar surface area (TPSA) is 82.2 Å². The largest absolute Gasteiger partial charge is 0.507 e. The van der Waals surface area contributed by atoms with E-state index in [1.54, 1.807) is 36.4 Å². The molecule has 3 rings (SSSR count). The van der Waals surface area contributed by atoms with Gasteiger partial charge in [-0.25, -0.2) is 4.79 Å². The maximum Gasteiger partial charge on any atom is 0.341 e. The Hall–Kier alpha value is -3.21. The summed E-state index contributed by atoms with van der Waals surface area (Å²) in [6.45, 7) is 0. The number of carbonyl (C=O) groups is 1. The Bertz CT molecular complexity index is 874. The van der Waals surface area contributed by atoms with Crippen molar-refractivity contribution in [3.63, 3.8) is 0 Å². The van der Waals surface area contributed by atoms with Crippen molar-refractivity contribution in [1.82, 2.24) is 0 Å². The van der Waals surface area contributed by atoms with Crippen molar-refractivity contribution in [2.45, 2.75) is 0 Å². The van der Waals surface area contributed by atoms with Crippen molar-refractivity contribution < 1.29 is 15.0 Å². The van der Waals surface area contributed by atoms with Gasteiger partial charge in [-0.2, -0.15) is 5.11 Å². The number of carboxylic acids is 1. The average Bonchev–Trinajstić information content (AvgIpc) is 2.52. The standard InChI is InChI=1S/C17H12N2O3/c20-14-10-11-6-4-5-9-13(11)16(15(14)17(21)22)19-18-12-7-2-1-3-8-12/h1-10,20H,(H,21,22). The maximum absolute atomic E-state index is 11.4. The minimum atomic E-state index is -1.25. The van der Waals surface area contributed by atoms with Crippen LogP contribution in [0.2, 0.25) is 0 Å². The van der Waals surface area contributed by atoms with Gasteiger partial charge in [-0.1, -0.05) is 42.5 Å². The van der Waals surface area contributed by atoms with Gasteiger partial charge in [0, 0.05) is 5.39 Å². The van der Waals surface area contributed by atoms with Gasteiger partial charge in [-0.3, -0.25) is 0 Å². The minimum absolute atomic E-state index is 0.145. The molecule has 22 heavy (non-hydrogen) atoms. The van der Waals surface area contributed by atoms with Crippen molar-refractivity contribution in [3.05, 3.63) is 66.2 Å². The van der Waals surface area contributed by atoms with Crippen LogP contribution in [-0.2, 0) is 0 Å². The van der Waals surface area contributed by atoms with Crippen LogP contribution in [0.4, 0.5) is 11.4 Å². The molecule has 0 atom stereocenters. The van der Waals surface area contributed by atoms with Crippen LogP contribution in [0.25, 0.3) is 10.8 Å². The predicted octanol–water partition coefficient (Wildman–Crippen LogP) is 4.66. The summed E-state index contributed by atoms with van der Waals surface area (Å²) < 4.78 is 0. The zero-order valence-corrected chi connectivity index (χ0v) is 11.5. The van der Waals surface area contributed by atoms with Crippen molar-refractivity contribution in [3.8, 4) is 5.75 Å². The average molecular weight is 292 g/mol. The molecule has 0 heterocycles. The fourth-order valence-electron chi connectivity index (χ4n) is 2.23. The van der Waals surface area contributed by atoms with E-state index in [4.69, 9.17) is 0 Å². The van der Waals surface area contributed by atoms with Gasteiger partial charge in [0.2, 0.25) is 0 Å². The Morgan fingerprint density at radius 1 is 0.909 bits per heavy atom. The fraction of sp³-hybridized carbons (Fsp3) is 0. The summed E-state index contributed by atoms with van der Waals surface area (Å²) in [6, 6.07) is 17.5. The number of nitrogens with zero attached hydrogens (tertiary/aromatic N) is 2. The van der Waals surface area contributed by atoms with Crippen LogP contribution in [0.1, 0.15) is 10.4 Å². The second kappa shape index (κ2) is 5.65. The Morgan fingerprint density at radius 3 is 2.32 bits per heavy atom. The highest BCUT2D eigenvalue weighted by atomic mass is 16.4. The number of hydrogen-bond donors (Lipinski definition) is 2. The monoisotopic (exact) mass is 292 g/mol. The quantitative estimate of drug-likeness (QED) is 0.689. The van der Waals surface area contributed by atoms with Crippen LogP contribution in [-0.4, -0.2) is 16.2 Å². The third-order valence-electron chi connectivity index (χ3n) is 3.24. The van der Waals surface area contributed by atoms with Gasteiger partial charge in [0.15, 0.2) is 0 Å². The number of fused-ring (bicyclic) bond motifs is 1. The van der Waals surface area contributed by atoms with E-state index >= 15 is 0 Å². The molecule has 0 aromatic heterocycles. The summed E-state index contributed by atoms with van der Waals surface area (Å²) in [4.78, 5) is 11.4. The molecular formula is C17H12N2O3. The number of aromatic carboxylic acids is 1. The van der Waals surface area contributed by atoms with E-state index < -0.39 is 5.97 Å². The molecule has 3 aromatic rings. The first kappa shape index (κ1) is 13.8. The molecule has 0 radical (unpaired) electrons. The zero-order valence-electron chi connectivity index (χ0n) is 11.5. The second-order valence-electron chi connectivity index (χ2n) is 4.68. The third-order valence-corrected chi connectivity index (χ3v) is 3.24. The highest BCUT2D eigenvalue weighted by Crippen LogP contribution is 2.37. The molecule has 0 aliphatic rings. The zero-order chi connectivity index (χ0) is 15.5. The summed E-state index contributed by atoms with van der Waals surface area (Å²) in [5.41, 5.74) is 0.497. The number of azo groups is 1. The Balaban J connectivity index is 2.23. The number of phenols is 1. The van der Waals surface area contributed by atoms with E-state index in [0.717, 1.165) is 0 Å². The van der Waals surface area contributed by atoms with Gasteiger partial charge in [0.25, 0.3) is 0 Å². The number of aromatic hydroxyl groups is 1. The maximum atomic E-state index is 11.4. The van der Waals surface area contributed by atoms with Gasteiger partial charge >= 0.3 is 5.97 Å². The summed E-state index contributed by atoms with van der Waals surface area (Å²) >= 11 is 0. The lowest BCUT2D eigenvalue weighted by Crippen LogP contribution is -1.98. The number of carboxylic acid groups (broad SMARTS) is 1. The smallest absolute Gasteiger partial charge is 0.341 e. The lowest BCUT2D eigenvalue weighted by molar-refractivity contribution is 0.0695. The summed E-state index contributed by atoms with van der Waals surface area (Å²) in [5, 5.41) is 28.8. The Morgan fingerprint density at radius 2 is 1.59 bits per heavy atom. The van der Waals surface area contributed by atoms with Crippen molar-refractivity contribution in [1.29, 1.82) is 0 Å². The van der Waals surface area contributed by atoms with Crippen LogP contribution in [0.15, 0.2) is 70.9 Å². The van der Waals surface area contributed by atoms with E-state index in [9.17, 15) is 15.0 Å². The van der Waals surface area contributed by atoms with E-state index in [0.29, 0.717) is 16.5 Å². The lowest BCUT2D eigenvalue weighted by atomic mass is 10.0. The molecule has 0 spiro atoms. The van der Waals surface area contributed by atoms with Crippen LogP contribution in [0.3, 0.4) is 0 Å². The summed E-state index contributed by atoms with van der Waals surface area (Å²) in [5.74, 6) is -1.57. The Labute approximate surface area is 126 Å². The predicted molar refractivity (Wildman–Crippen MR) is 83.2 cm³/mol. The van der Waals surface area contributed by atoms with E-state index in [1.807, 2.05) is 18.2 Å². The van der Waals surface area contributed by atoms with E-state index in [1.165, 1.54) is 6.07 Å². The normalized spacial score (nSPS) is 11.1. The molecule has 0 aliphatic carbocycles. The van der Waals surface area contributed by atoms with Crippen molar-refractivity contribution in [2.75, 3.05) is 0 Å². The van der Waals surface area contributed by atoms with Crippen LogP contribution >= 0.6 is 0 Å². The highest BCUT2D eigenvalue weighted by Gasteiger charge is 2.19. The molecule has 5 heteroatoms. The van der Waals surface area contributed by atoms with Crippen LogP contribution < -0.4 is 0 Å². The van der Waals surface area contributed by atoms with Gasteiger partial charge in [0.05, 0.1) is 5.69 Å². The number of benzene rings is 3. The van der Waals surface area contributed by atoms with Gasteiger partial charge in [0.1, 0.15) is 17.0 Å². The summed E-state index contributed by atoms with van der Waals surface area (Å²) in [7, 11) is 0. The SMILES string of the molecule is O=C(O)c1c(O)cc2ccccc2c1N=Nc1ccccc1. The molecular weight excluding hydrogens is 280 g/mol.